The number of halogens is 2. The van der Waals surface area contributed by atoms with Crippen molar-refractivity contribution in [2.45, 2.75) is 0 Å². The predicted octanol–water partition coefficient (Wildman–Crippen LogP) is 4.69. The van der Waals surface area contributed by atoms with Gasteiger partial charge in [0.05, 0.1) is 5.69 Å². The lowest BCUT2D eigenvalue weighted by atomic mass is 10.0. The molecule has 3 heteroatoms. The van der Waals surface area contributed by atoms with Crippen molar-refractivity contribution in [2.75, 3.05) is 0 Å². The Morgan fingerprint density at radius 3 is 2.00 bits per heavy atom. The molecule has 0 saturated carbocycles. The minimum Gasteiger partial charge on any atom is -0.256 e. The van der Waals surface area contributed by atoms with E-state index in [0.717, 1.165) is 22.9 Å². The van der Waals surface area contributed by atoms with Crippen LogP contribution in [0.4, 0.5) is 8.78 Å². The minimum absolute atomic E-state index is 0.650. The van der Waals surface area contributed by atoms with E-state index in [1.165, 1.54) is 6.07 Å². The van der Waals surface area contributed by atoms with Gasteiger partial charge in [0.2, 0.25) is 0 Å². The van der Waals surface area contributed by atoms with Crippen molar-refractivity contribution in [1.82, 2.24) is 4.98 Å². The van der Waals surface area contributed by atoms with Crippen molar-refractivity contribution in [3.8, 4) is 22.4 Å². The van der Waals surface area contributed by atoms with Gasteiger partial charge in [-0.2, -0.15) is 0 Å². The highest BCUT2D eigenvalue weighted by atomic mass is 19.2. The van der Waals surface area contributed by atoms with E-state index in [1.54, 1.807) is 12.3 Å². The van der Waals surface area contributed by atoms with E-state index in [9.17, 15) is 8.78 Å². The van der Waals surface area contributed by atoms with Crippen LogP contribution < -0.4 is 0 Å². The van der Waals surface area contributed by atoms with E-state index >= 15 is 0 Å². The van der Waals surface area contributed by atoms with Crippen LogP contribution in [0.3, 0.4) is 0 Å². The van der Waals surface area contributed by atoms with Crippen molar-refractivity contribution in [1.29, 1.82) is 0 Å². The maximum Gasteiger partial charge on any atom is 0.159 e. The fourth-order valence-electron chi connectivity index (χ4n) is 2.04. The Balaban J connectivity index is 1.95. The van der Waals surface area contributed by atoms with E-state index in [1.807, 2.05) is 42.5 Å². The van der Waals surface area contributed by atoms with Crippen LogP contribution in [0.15, 0.2) is 66.9 Å². The molecule has 3 aromatic rings. The number of hydrogen-bond donors (Lipinski definition) is 0. The number of nitrogens with zero attached hydrogens (tertiary/aromatic N) is 1. The zero-order chi connectivity index (χ0) is 13.9. The molecule has 0 aliphatic carbocycles. The second kappa shape index (κ2) is 5.21. The Hall–Kier alpha value is -2.55. The van der Waals surface area contributed by atoms with Gasteiger partial charge in [-0.15, -0.1) is 0 Å². The summed E-state index contributed by atoms with van der Waals surface area (Å²) in [6.45, 7) is 0. The number of rotatable bonds is 2. The molecule has 0 spiro atoms. The Labute approximate surface area is 115 Å². The third-order valence-corrected chi connectivity index (χ3v) is 3.10. The first kappa shape index (κ1) is 12.5. The molecule has 0 atom stereocenters. The van der Waals surface area contributed by atoms with Gasteiger partial charge in [-0.3, -0.25) is 4.98 Å². The monoisotopic (exact) mass is 267 g/mol. The van der Waals surface area contributed by atoms with Crippen LogP contribution in [0.2, 0.25) is 0 Å². The second-order valence-electron chi connectivity index (χ2n) is 4.42. The molecule has 2 aromatic carbocycles. The third-order valence-electron chi connectivity index (χ3n) is 3.10. The normalized spacial score (nSPS) is 10.5. The van der Waals surface area contributed by atoms with E-state index < -0.39 is 11.6 Å². The first-order valence-electron chi connectivity index (χ1n) is 6.21. The van der Waals surface area contributed by atoms with E-state index in [-0.39, 0.29) is 0 Å². The standard InChI is InChI=1S/C17H11F2N/c18-15-9-8-14(11-16(15)19)12-4-6-13(7-5-12)17-3-1-2-10-20-17/h1-11H. The first-order valence-corrected chi connectivity index (χ1v) is 6.21. The summed E-state index contributed by atoms with van der Waals surface area (Å²) in [4.78, 5) is 4.27. The molecular formula is C17H11F2N. The van der Waals surface area contributed by atoms with Gasteiger partial charge in [0.1, 0.15) is 0 Å². The van der Waals surface area contributed by atoms with Crippen molar-refractivity contribution in [2.24, 2.45) is 0 Å². The highest BCUT2D eigenvalue weighted by Crippen LogP contribution is 2.24. The highest BCUT2D eigenvalue weighted by Gasteiger charge is 2.05. The smallest absolute Gasteiger partial charge is 0.159 e. The molecule has 0 saturated heterocycles. The Kier molecular flexibility index (Phi) is 3.25. The summed E-state index contributed by atoms with van der Waals surface area (Å²) in [6, 6.07) is 17.2. The lowest BCUT2D eigenvalue weighted by Crippen LogP contribution is -1.86. The summed E-state index contributed by atoms with van der Waals surface area (Å²) in [6.07, 6.45) is 1.73. The molecule has 20 heavy (non-hydrogen) atoms. The van der Waals surface area contributed by atoms with Crippen LogP contribution in [-0.4, -0.2) is 4.98 Å². The molecule has 1 heterocycles. The molecule has 3 rings (SSSR count). The third kappa shape index (κ3) is 2.43. The van der Waals surface area contributed by atoms with Crippen LogP contribution in [0.5, 0.6) is 0 Å². The molecule has 0 N–H and O–H groups in total. The second-order valence-corrected chi connectivity index (χ2v) is 4.42. The van der Waals surface area contributed by atoms with Gasteiger partial charge >= 0.3 is 0 Å². The molecule has 0 amide bonds. The summed E-state index contributed by atoms with van der Waals surface area (Å²) < 4.78 is 26.1. The van der Waals surface area contributed by atoms with Crippen LogP contribution in [-0.2, 0) is 0 Å². The zero-order valence-corrected chi connectivity index (χ0v) is 10.6. The Bertz CT molecular complexity index is 722. The molecule has 1 nitrogen and oxygen atoms in total. The maximum atomic E-state index is 13.2. The average Bonchev–Trinajstić information content (AvgIpc) is 2.51. The molecule has 0 fully saturated rings. The maximum absolute atomic E-state index is 13.2. The lowest BCUT2D eigenvalue weighted by molar-refractivity contribution is 0.509. The molecule has 0 aliphatic rings. The molecule has 98 valence electrons. The summed E-state index contributed by atoms with van der Waals surface area (Å²) in [5, 5.41) is 0. The molecule has 0 bridgehead atoms. The quantitative estimate of drug-likeness (QED) is 0.656. The molecular weight excluding hydrogens is 256 g/mol. The van der Waals surface area contributed by atoms with E-state index in [4.69, 9.17) is 0 Å². The van der Waals surface area contributed by atoms with Gasteiger partial charge in [0.25, 0.3) is 0 Å². The zero-order valence-electron chi connectivity index (χ0n) is 10.6. The van der Waals surface area contributed by atoms with Gasteiger partial charge in [-0.05, 0) is 35.4 Å². The molecule has 0 aliphatic heterocycles. The highest BCUT2D eigenvalue weighted by molar-refractivity contribution is 5.68. The van der Waals surface area contributed by atoms with Crippen LogP contribution in [0.25, 0.3) is 22.4 Å². The number of aromatic nitrogens is 1. The van der Waals surface area contributed by atoms with Crippen LogP contribution in [0, 0.1) is 11.6 Å². The van der Waals surface area contributed by atoms with Gasteiger partial charge in [0, 0.05) is 11.8 Å². The van der Waals surface area contributed by atoms with Crippen molar-refractivity contribution < 1.29 is 8.78 Å². The predicted molar refractivity (Wildman–Crippen MR) is 75.0 cm³/mol. The van der Waals surface area contributed by atoms with Gasteiger partial charge < -0.3 is 0 Å². The van der Waals surface area contributed by atoms with Gasteiger partial charge in [0.15, 0.2) is 11.6 Å². The largest absolute Gasteiger partial charge is 0.256 e. The fraction of sp³-hybridized carbons (Fsp3) is 0. The molecule has 1 aromatic heterocycles. The SMILES string of the molecule is Fc1ccc(-c2ccc(-c3ccccn3)cc2)cc1F. The summed E-state index contributed by atoms with van der Waals surface area (Å²) in [7, 11) is 0. The number of benzene rings is 2. The molecule has 0 unspecified atom stereocenters. The van der Waals surface area contributed by atoms with Crippen molar-refractivity contribution >= 4 is 0 Å². The first-order chi connectivity index (χ1) is 9.74. The van der Waals surface area contributed by atoms with Crippen LogP contribution >= 0.6 is 0 Å². The summed E-state index contributed by atoms with van der Waals surface area (Å²) in [5.41, 5.74) is 3.35. The van der Waals surface area contributed by atoms with E-state index in [0.29, 0.717) is 5.56 Å². The minimum atomic E-state index is -0.837. The summed E-state index contributed by atoms with van der Waals surface area (Å²) >= 11 is 0. The summed E-state index contributed by atoms with van der Waals surface area (Å²) in [5.74, 6) is -1.67. The number of pyridine rings is 1. The molecule has 0 radical (unpaired) electrons. The van der Waals surface area contributed by atoms with Crippen LogP contribution in [0.1, 0.15) is 0 Å². The average molecular weight is 267 g/mol. The van der Waals surface area contributed by atoms with Crippen molar-refractivity contribution in [3.05, 3.63) is 78.5 Å². The van der Waals surface area contributed by atoms with E-state index in [2.05, 4.69) is 4.98 Å². The van der Waals surface area contributed by atoms with Gasteiger partial charge in [-0.25, -0.2) is 8.78 Å². The fourth-order valence-corrected chi connectivity index (χ4v) is 2.04. The van der Waals surface area contributed by atoms with Gasteiger partial charge in [-0.1, -0.05) is 36.4 Å². The Morgan fingerprint density at radius 2 is 1.35 bits per heavy atom. The topological polar surface area (TPSA) is 12.9 Å². The Morgan fingerprint density at radius 1 is 0.650 bits per heavy atom. The van der Waals surface area contributed by atoms with Crippen molar-refractivity contribution in [3.63, 3.8) is 0 Å². The lowest BCUT2D eigenvalue weighted by Gasteiger charge is -2.05. The number of hydrogen-bond acceptors (Lipinski definition) is 1.